The fraction of sp³-hybridized carbons (Fsp3) is 0.345. The van der Waals surface area contributed by atoms with Gasteiger partial charge in [0.15, 0.2) is 0 Å². The van der Waals surface area contributed by atoms with Crippen molar-refractivity contribution in [1.82, 2.24) is 14.9 Å². The van der Waals surface area contributed by atoms with Crippen LogP contribution < -0.4 is 10.2 Å². The van der Waals surface area contributed by atoms with E-state index in [1.54, 1.807) is 11.3 Å². The number of urea groups is 1. The lowest BCUT2D eigenvalue weighted by Crippen LogP contribution is -2.50. The lowest BCUT2D eigenvalue weighted by molar-refractivity contribution is 0.208. The summed E-state index contributed by atoms with van der Waals surface area (Å²) in [5.41, 5.74) is 5.63. The number of hydrogen-bond donors (Lipinski definition) is 1. The number of rotatable bonds is 5. The maximum atomic E-state index is 13.0. The van der Waals surface area contributed by atoms with Crippen LogP contribution in [-0.2, 0) is 12.8 Å². The number of aromatic nitrogens is 2. The molecule has 5 rings (SSSR count). The molecule has 1 N–H and O–H groups in total. The number of thiophene rings is 1. The molecule has 2 amide bonds. The molecule has 3 heterocycles. The van der Waals surface area contributed by atoms with Gasteiger partial charge in [0.25, 0.3) is 0 Å². The van der Waals surface area contributed by atoms with E-state index in [-0.39, 0.29) is 6.03 Å². The number of piperazine rings is 1. The minimum atomic E-state index is -0.0361. The van der Waals surface area contributed by atoms with Crippen LogP contribution in [0.4, 0.5) is 16.3 Å². The monoisotopic (exact) mass is 499 g/mol. The van der Waals surface area contributed by atoms with Gasteiger partial charge in [0, 0.05) is 43.2 Å². The van der Waals surface area contributed by atoms with E-state index in [0.717, 1.165) is 64.6 Å². The van der Waals surface area contributed by atoms with Gasteiger partial charge in [-0.2, -0.15) is 0 Å². The van der Waals surface area contributed by atoms with Crippen LogP contribution in [0, 0.1) is 27.7 Å². The number of nitrogens with zero attached hydrogens (tertiary/aromatic N) is 4. The quantitative estimate of drug-likeness (QED) is 0.362. The molecule has 2 aromatic heterocycles. The number of anilines is 2. The predicted molar refractivity (Wildman–Crippen MR) is 149 cm³/mol. The topological polar surface area (TPSA) is 61.4 Å². The second kappa shape index (κ2) is 10.3. The van der Waals surface area contributed by atoms with Crippen LogP contribution in [0.25, 0.3) is 10.2 Å². The summed E-state index contributed by atoms with van der Waals surface area (Å²) in [6, 6.07) is 16.5. The molecule has 0 spiro atoms. The standard InChI is InChI=1S/C29H33N5OS/c1-19-9-8-10-20(2)26(19)32-29(35)34-17-15-33(16-18-34)27-25-21(3)22(4)36-28(25)31-24(30-27)14-13-23-11-6-5-7-12-23/h5-12H,13-18H2,1-4H3,(H,32,35). The molecule has 0 radical (unpaired) electrons. The highest BCUT2D eigenvalue weighted by Gasteiger charge is 2.26. The number of hydrogen-bond acceptors (Lipinski definition) is 5. The van der Waals surface area contributed by atoms with Gasteiger partial charge >= 0.3 is 6.03 Å². The third kappa shape index (κ3) is 4.93. The number of carbonyl (C=O) groups is 1. The van der Waals surface area contributed by atoms with Gasteiger partial charge in [-0.1, -0.05) is 48.5 Å². The Balaban J connectivity index is 1.33. The molecule has 1 aliphatic rings. The molecule has 0 atom stereocenters. The van der Waals surface area contributed by atoms with Crippen LogP contribution in [0.5, 0.6) is 0 Å². The number of nitrogens with one attached hydrogen (secondary N) is 1. The highest BCUT2D eigenvalue weighted by molar-refractivity contribution is 7.18. The number of carbonyl (C=O) groups excluding carboxylic acids is 1. The van der Waals surface area contributed by atoms with Gasteiger partial charge in [-0.25, -0.2) is 14.8 Å². The smallest absolute Gasteiger partial charge is 0.321 e. The average molecular weight is 500 g/mol. The van der Waals surface area contributed by atoms with Crippen LogP contribution >= 0.6 is 11.3 Å². The van der Waals surface area contributed by atoms with Gasteiger partial charge in [0.05, 0.1) is 5.39 Å². The summed E-state index contributed by atoms with van der Waals surface area (Å²) in [5, 5.41) is 4.29. The second-order valence-corrected chi connectivity index (χ2v) is 10.8. The van der Waals surface area contributed by atoms with Crippen molar-refractivity contribution in [2.24, 2.45) is 0 Å². The zero-order valence-corrected chi connectivity index (χ0v) is 22.3. The molecule has 0 aliphatic carbocycles. The molecular formula is C29H33N5OS. The minimum Gasteiger partial charge on any atom is -0.352 e. The van der Waals surface area contributed by atoms with Crippen molar-refractivity contribution in [3.8, 4) is 0 Å². The van der Waals surface area contributed by atoms with E-state index in [2.05, 4.69) is 48.3 Å². The lowest BCUT2D eigenvalue weighted by atomic mass is 10.1. The van der Waals surface area contributed by atoms with E-state index in [1.165, 1.54) is 16.0 Å². The Morgan fingerprint density at radius 3 is 2.28 bits per heavy atom. The van der Waals surface area contributed by atoms with Crippen molar-refractivity contribution in [2.75, 3.05) is 36.4 Å². The maximum Gasteiger partial charge on any atom is 0.321 e. The Morgan fingerprint density at radius 1 is 0.889 bits per heavy atom. The molecule has 2 aromatic carbocycles. The normalized spacial score (nSPS) is 13.9. The predicted octanol–water partition coefficient (Wildman–Crippen LogP) is 6.06. The van der Waals surface area contributed by atoms with E-state index in [0.29, 0.717) is 13.1 Å². The molecule has 1 aliphatic heterocycles. The van der Waals surface area contributed by atoms with Gasteiger partial charge in [0.2, 0.25) is 0 Å². The summed E-state index contributed by atoms with van der Waals surface area (Å²) < 4.78 is 0. The number of para-hydroxylation sites is 1. The van der Waals surface area contributed by atoms with Gasteiger partial charge in [-0.05, 0) is 56.4 Å². The van der Waals surface area contributed by atoms with Crippen molar-refractivity contribution < 1.29 is 4.79 Å². The average Bonchev–Trinajstić information content (AvgIpc) is 3.18. The molecule has 0 bridgehead atoms. The maximum absolute atomic E-state index is 13.0. The van der Waals surface area contributed by atoms with Crippen LogP contribution in [0.2, 0.25) is 0 Å². The molecule has 6 nitrogen and oxygen atoms in total. The molecule has 0 unspecified atom stereocenters. The van der Waals surface area contributed by atoms with Gasteiger partial charge in [0.1, 0.15) is 16.5 Å². The summed E-state index contributed by atoms with van der Waals surface area (Å²) in [6.45, 7) is 11.2. The molecule has 1 fully saturated rings. The first kappa shape index (κ1) is 24.3. The highest BCUT2D eigenvalue weighted by atomic mass is 32.1. The molecular weight excluding hydrogens is 466 g/mol. The third-order valence-corrected chi connectivity index (χ3v) is 8.22. The number of fused-ring (bicyclic) bond motifs is 1. The Kier molecular flexibility index (Phi) is 6.92. The van der Waals surface area contributed by atoms with Crippen molar-refractivity contribution in [3.63, 3.8) is 0 Å². The third-order valence-electron chi connectivity index (χ3n) is 7.12. The van der Waals surface area contributed by atoms with Crippen molar-refractivity contribution in [3.05, 3.63) is 81.5 Å². The zero-order valence-electron chi connectivity index (χ0n) is 21.5. The fourth-order valence-electron chi connectivity index (χ4n) is 4.83. The fourth-order valence-corrected chi connectivity index (χ4v) is 5.87. The number of amides is 2. The molecule has 36 heavy (non-hydrogen) atoms. The van der Waals surface area contributed by atoms with Crippen molar-refractivity contribution in [2.45, 2.75) is 40.5 Å². The molecule has 186 valence electrons. The van der Waals surface area contributed by atoms with E-state index in [1.807, 2.05) is 43.0 Å². The Bertz CT molecular complexity index is 1370. The summed E-state index contributed by atoms with van der Waals surface area (Å²) in [6.07, 6.45) is 1.72. The van der Waals surface area contributed by atoms with Crippen LogP contribution in [-0.4, -0.2) is 47.1 Å². The van der Waals surface area contributed by atoms with Crippen LogP contribution in [0.1, 0.15) is 33.0 Å². The summed E-state index contributed by atoms with van der Waals surface area (Å²) in [5.74, 6) is 1.90. The second-order valence-electron chi connectivity index (χ2n) is 9.58. The van der Waals surface area contributed by atoms with Crippen LogP contribution in [0.3, 0.4) is 0 Å². The highest BCUT2D eigenvalue weighted by Crippen LogP contribution is 2.35. The van der Waals surface area contributed by atoms with Crippen molar-refractivity contribution in [1.29, 1.82) is 0 Å². The van der Waals surface area contributed by atoms with Crippen LogP contribution in [0.15, 0.2) is 48.5 Å². The first-order valence-corrected chi connectivity index (χ1v) is 13.4. The lowest BCUT2D eigenvalue weighted by Gasteiger charge is -2.36. The molecule has 7 heteroatoms. The van der Waals surface area contributed by atoms with E-state index in [9.17, 15) is 4.79 Å². The summed E-state index contributed by atoms with van der Waals surface area (Å²) in [4.78, 5) is 29.6. The summed E-state index contributed by atoms with van der Waals surface area (Å²) in [7, 11) is 0. The Morgan fingerprint density at radius 2 is 1.58 bits per heavy atom. The van der Waals surface area contributed by atoms with Gasteiger partial charge in [-0.15, -0.1) is 11.3 Å². The molecule has 0 saturated carbocycles. The molecule has 1 saturated heterocycles. The minimum absolute atomic E-state index is 0.0361. The Labute approximate surface area is 217 Å². The van der Waals surface area contributed by atoms with Crippen molar-refractivity contribution >= 4 is 39.1 Å². The largest absolute Gasteiger partial charge is 0.352 e. The first-order valence-electron chi connectivity index (χ1n) is 12.6. The van der Waals surface area contributed by atoms with Gasteiger partial charge in [-0.3, -0.25) is 0 Å². The molecule has 4 aromatic rings. The zero-order chi connectivity index (χ0) is 25.2. The first-order chi connectivity index (χ1) is 17.4. The van der Waals surface area contributed by atoms with E-state index < -0.39 is 0 Å². The number of benzene rings is 2. The number of aryl methyl sites for hydroxylation is 6. The van der Waals surface area contributed by atoms with E-state index >= 15 is 0 Å². The van der Waals surface area contributed by atoms with E-state index in [4.69, 9.17) is 9.97 Å². The SMILES string of the molecule is Cc1cccc(C)c1NC(=O)N1CCN(c2nc(CCc3ccccc3)nc3sc(C)c(C)c23)CC1. The van der Waals surface area contributed by atoms with Gasteiger partial charge < -0.3 is 15.1 Å². The summed E-state index contributed by atoms with van der Waals surface area (Å²) >= 11 is 1.75. The Hall–Kier alpha value is -3.45.